The number of fused-ring (bicyclic) bond motifs is 1. The number of aryl methyl sites for hydroxylation is 1. The van der Waals surface area contributed by atoms with Gasteiger partial charge in [-0.3, -0.25) is 19.2 Å². The van der Waals surface area contributed by atoms with E-state index in [0.29, 0.717) is 48.0 Å². The van der Waals surface area contributed by atoms with Crippen LogP contribution >= 0.6 is 0 Å². The van der Waals surface area contributed by atoms with E-state index in [0.717, 1.165) is 5.56 Å². The first-order valence-corrected chi connectivity index (χ1v) is 12.5. The molecule has 0 bridgehead atoms. The summed E-state index contributed by atoms with van der Waals surface area (Å²) in [5.41, 5.74) is 2.21. The van der Waals surface area contributed by atoms with E-state index in [9.17, 15) is 19.2 Å². The molecule has 10 nitrogen and oxygen atoms in total. The lowest BCUT2D eigenvalue weighted by molar-refractivity contribution is -0.139. The van der Waals surface area contributed by atoms with Gasteiger partial charge in [0.25, 0.3) is 5.91 Å². The largest absolute Gasteiger partial charge is 0.469 e. The van der Waals surface area contributed by atoms with Gasteiger partial charge in [-0.1, -0.05) is 12.1 Å². The second kappa shape index (κ2) is 11.5. The van der Waals surface area contributed by atoms with Crippen molar-refractivity contribution < 1.29 is 28.3 Å². The Balaban J connectivity index is 1.61. The minimum Gasteiger partial charge on any atom is -0.469 e. The quantitative estimate of drug-likeness (QED) is 0.451. The maximum Gasteiger partial charge on any atom is 0.309 e. The van der Waals surface area contributed by atoms with Gasteiger partial charge in [0.05, 0.1) is 13.5 Å². The molecule has 1 fully saturated rings. The smallest absolute Gasteiger partial charge is 0.309 e. The minimum absolute atomic E-state index is 0.0315. The van der Waals surface area contributed by atoms with Gasteiger partial charge in [-0.15, -0.1) is 0 Å². The molecular weight excluding hydrogens is 488 g/mol. The summed E-state index contributed by atoms with van der Waals surface area (Å²) in [4.78, 5) is 56.5. The molecule has 200 valence electrons. The predicted octanol–water partition coefficient (Wildman–Crippen LogP) is 3.94. The highest BCUT2D eigenvalue weighted by molar-refractivity contribution is 6.14. The summed E-state index contributed by atoms with van der Waals surface area (Å²) >= 11 is 0. The third-order valence-electron chi connectivity index (χ3n) is 6.82. The van der Waals surface area contributed by atoms with Gasteiger partial charge in [-0.25, -0.2) is 4.98 Å². The van der Waals surface area contributed by atoms with Crippen LogP contribution in [0.15, 0.2) is 40.9 Å². The van der Waals surface area contributed by atoms with Crippen molar-refractivity contribution in [1.29, 1.82) is 0 Å². The Kier molecular flexibility index (Phi) is 8.09. The van der Waals surface area contributed by atoms with Crippen LogP contribution in [-0.4, -0.2) is 54.8 Å². The van der Waals surface area contributed by atoms with Crippen molar-refractivity contribution in [3.05, 3.63) is 53.4 Å². The highest BCUT2D eigenvalue weighted by Crippen LogP contribution is 2.35. The first-order chi connectivity index (χ1) is 18.2. The van der Waals surface area contributed by atoms with Gasteiger partial charge in [0, 0.05) is 37.5 Å². The SMILES string of the molecule is COC(=O)Cc1ccc2oc(C(=O)Nc3ccc(C)cn3)c(NC(=O)C3CCC(C(=O)N(C)C)CC3)c2c1. The van der Waals surface area contributed by atoms with Crippen LogP contribution in [0.1, 0.15) is 47.4 Å². The molecule has 0 spiro atoms. The van der Waals surface area contributed by atoms with Crippen LogP contribution in [-0.2, 0) is 25.5 Å². The van der Waals surface area contributed by atoms with E-state index in [1.54, 1.807) is 49.5 Å². The minimum atomic E-state index is -0.567. The first-order valence-electron chi connectivity index (χ1n) is 12.5. The number of furan rings is 1. The van der Waals surface area contributed by atoms with Crippen LogP contribution in [0.5, 0.6) is 0 Å². The van der Waals surface area contributed by atoms with Crippen molar-refractivity contribution in [2.75, 3.05) is 31.8 Å². The predicted molar refractivity (Wildman–Crippen MR) is 142 cm³/mol. The fourth-order valence-corrected chi connectivity index (χ4v) is 4.69. The van der Waals surface area contributed by atoms with Gasteiger partial charge in [0.15, 0.2) is 0 Å². The van der Waals surface area contributed by atoms with Gasteiger partial charge in [-0.05, 0) is 61.9 Å². The number of nitrogens with one attached hydrogen (secondary N) is 2. The highest BCUT2D eigenvalue weighted by atomic mass is 16.5. The number of ether oxygens (including phenoxy) is 1. The number of esters is 1. The Morgan fingerprint density at radius 1 is 1.03 bits per heavy atom. The third-order valence-corrected chi connectivity index (χ3v) is 6.82. The van der Waals surface area contributed by atoms with Crippen LogP contribution in [0.2, 0.25) is 0 Å². The van der Waals surface area contributed by atoms with Crippen LogP contribution in [0.3, 0.4) is 0 Å². The number of hydrogen-bond donors (Lipinski definition) is 2. The number of benzene rings is 1. The summed E-state index contributed by atoms with van der Waals surface area (Å²) < 4.78 is 10.7. The molecule has 2 N–H and O–H groups in total. The summed E-state index contributed by atoms with van der Waals surface area (Å²) in [6.07, 6.45) is 4.04. The summed E-state index contributed by atoms with van der Waals surface area (Å²) in [7, 11) is 4.78. The zero-order chi connectivity index (χ0) is 27.4. The third kappa shape index (κ3) is 6.01. The molecule has 0 unspecified atom stereocenters. The number of rotatable bonds is 7. The molecule has 2 heterocycles. The van der Waals surface area contributed by atoms with Gasteiger partial charge < -0.3 is 24.7 Å². The normalized spacial score (nSPS) is 17.1. The lowest BCUT2D eigenvalue weighted by Gasteiger charge is -2.28. The molecule has 0 radical (unpaired) electrons. The number of methoxy groups -OCH3 is 1. The molecule has 1 aromatic carbocycles. The molecule has 3 aromatic rings. The van der Waals surface area contributed by atoms with Crippen LogP contribution in [0.4, 0.5) is 11.5 Å². The summed E-state index contributed by atoms with van der Waals surface area (Å²) in [5.74, 6) is -1.27. The molecule has 4 rings (SSSR count). The summed E-state index contributed by atoms with van der Waals surface area (Å²) in [5, 5.41) is 6.13. The molecular formula is C28H32N4O6. The first kappa shape index (κ1) is 26.8. The molecule has 1 aliphatic carbocycles. The lowest BCUT2D eigenvalue weighted by atomic mass is 9.81. The summed E-state index contributed by atoms with van der Waals surface area (Å²) in [6, 6.07) is 8.57. The van der Waals surface area contributed by atoms with Crippen molar-refractivity contribution in [2.45, 2.75) is 39.0 Å². The van der Waals surface area contributed by atoms with Gasteiger partial charge in [0.2, 0.25) is 17.6 Å². The van der Waals surface area contributed by atoms with Crippen molar-refractivity contribution in [3.8, 4) is 0 Å². The van der Waals surface area contributed by atoms with Gasteiger partial charge >= 0.3 is 5.97 Å². The number of aromatic nitrogens is 1. The molecule has 0 saturated heterocycles. The fraction of sp³-hybridized carbons (Fsp3) is 0.393. The number of hydrogen-bond acceptors (Lipinski definition) is 7. The van der Waals surface area contributed by atoms with Crippen LogP contribution < -0.4 is 10.6 Å². The highest BCUT2D eigenvalue weighted by Gasteiger charge is 2.32. The van der Waals surface area contributed by atoms with E-state index in [4.69, 9.17) is 9.15 Å². The number of anilines is 2. The Morgan fingerprint density at radius 2 is 1.74 bits per heavy atom. The standard InChI is InChI=1S/C28H32N4O6/c1-16-5-12-22(29-15-16)30-27(35)25-24(20-13-17(14-23(33)37-4)6-11-21(20)38-25)31-26(34)18-7-9-19(10-8-18)28(36)32(2)3/h5-6,11-13,15,18-19H,7-10,14H2,1-4H3,(H,31,34)(H,29,30,35). The van der Waals surface area contributed by atoms with E-state index in [1.165, 1.54) is 7.11 Å². The second-order valence-electron chi connectivity index (χ2n) is 9.83. The van der Waals surface area contributed by atoms with Crippen LogP contribution in [0.25, 0.3) is 11.0 Å². The fourth-order valence-electron chi connectivity index (χ4n) is 4.69. The molecule has 10 heteroatoms. The number of pyridine rings is 1. The molecule has 0 aliphatic heterocycles. The average molecular weight is 521 g/mol. The Hall–Kier alpha value is -4.21. The molecule has 0 atom stereocenters. The molecule has 3 amide bonds. The van der Waals surface area contributed by atoms with Crippen molar-refractivity contribution >= 4 is 46.2 Å². The Morgan fingerprint density at radius 3 is 2.37 bits per heavy atom. The zero-order valence-corrected chi connectivity index (χ0v) is 22.0. The topological polar surface area (TPSA) is 131 Å². The maximum absolute atomic E-state index is 13.3. The lowest BCUT2D eigenvalue weighted by Crippen LogP contribution is -2.35. The second-order valence-corrected chi connectivity index (χ2v) is 9.83. The Labute approximate surface area is 220 Å². The monoisotopic (exact) mass is 520 g/mol. The molecule has 2 aromatic heterocycles. The Bertz CT molecular complexity index is 1350. The van der Waals surface area contributed by atoms with E-state index < -0.39 is 11.9 Å². The number of nitrogens with zero attached hydrogens (tertiary/aromatic N) is 2. The zero-order valence-electron chi connectivity index (χ0n) is 22.0. The number of carbonyl (C=O) groups is 4. The van der Waals surface area contributed by atoms with Gasteiger partial charge in [-0.2, -0.15) is 0 Å². The number of amides is 3. The van der Waals surface area contributed by atoms with E-state index >= 15 is 0 Å². The average Bonchev–Trinajstić information content (AvgIpc) is 3.27. The van der Waals surface area contributed by atoms with Crippen molar-refractivity contribution in [2.24, 2.45) is 11.8 Å². The van der Waals surface area contributed by atoms with Gasteiger partial charge in [0.1, 0.15) is 17.1 Å². The van der Waals surface area contributed by atoms with Crippen molar-refractivity contribution in [1.82, 2.24) is 9.88 Å². The summed E-state index contributed by atoms with van der Waals surface area (Å²) in [6.45, 7) is 1.89. The molecule has 1 saturated carbocycles. The van der Waals surface area contributed by atoms with Crippen LogP contribution in [0, 0.1) is 18.8 Å². The molecule has 1 aliphatic rings. The van der Waals surface area contributed by atoms with E-state index in [-0.39, 0.29) is 41.5 Å². The number of carbonyl (C=O) groups excluding carboxylic acids is 4. The van der Waals surface area contributed by atoms with E-state index in [1.807, 2.05) is 13.0 Å². The van der Waals surface area contributed by atoms with Crippen molar-refractivity contribution in [3.63, 3.8) is 0 Å². The van der Waals surface area contributed by atoms with E-state index in [2.05, 4.69) is 15.6 Å². The maximum atomic E-state index is 13.3. The molecule has 38 heavy (non-hydrogen) atoms.